The maximum Gasteiger partial charge on any atom is 0.252 e. The summed E-state index contributed by atoms with van der Waals surface area (Å²) in [5.74, 6) is -0.241. The van der Waals surface area contributed by atoms with Crippen molar-refractivity contribution in [1.82, 2.24) is 0 Å². The lowest BCUT2D eigenvalue weighted by atomic mass is 9.33. The molecule has 4 heterocycles. The van der Waals surface area contributed by atoms with Gasteiger partial charge in [0.15, 0.2) is 16.1 Å². The van der Waals surface area contributed by atoms with Crippen molar-refractivity contribution < 1.29 is 4.39 Å². The molecule has 0 aliphatic carbocycles. The smallest absolute Gasteiger partial charge is 0.252 e. The topological polar surface area (TPSA) is 6.48 Å². The van der Waals surface area contributed by atoms with E-state index in [1.165, 1.54) is 63.7 Å². The molecule has 6 heteroatoms. The van der Waals surface area contributed by atoms with E-state index in [4.69, 9.17) is 0 Å². The highest BCUT2D eigenvalue weighted by Gasteiger charge is 2.52. The van der Waals surface area contributed by atoms with Crippen LogP contribution in [0, 0.1) is 5.82 Å². The monoisotopic (exact) mass is 950 g/mol. The van der Waals surface area contributed by atoms with E-state index in [2.05, 4.69) is 265 Å². The normalized spacial score (nSPS) is 14.6. The average Bonchev–Trinajstić information content (AvgIpc) is 3.92. The van der Waals surface area contributed by atoms with E-state index < -0.39 is 16.1 Å². The Morgan fingerprint density at radius 1 is 0.306 bits per heavy atom. The lowest BCUT2D eigenvalue weighted by Gasteiger charge is -2.44. The van der Waals surface area contributed by atoms with Gasteiger partial charge in [0, 0.05) is 28.4 Å². The molecule has 11 aromatic carbocycles. The van der Waals surface area contributed by atoms with Crippen molar-refractivity contribution in [3.8, 4) is 22.3 Å². The van der Waals surface area contributed by atoms with Crippen LogP contribution in [0.4, 0.5) is 38.5 Å². The van der Waals surface area contributed by atoms with Crippen LogP contribution in [0.2, 0.25) is 0 Å². The Kier molecular flexibility index (Phi) is 9.01. The van der Waals surface area contributed by atoms with Gasteiger partial charge in [0.25, 0.3) is 6.71 Å². The van der Waals surface area contributed by atoms with Crippen molar-refractivity contribution in [2.45, 2.75) is 0 Å². The Labute approximate surface area is 421 Å². The number of hydrogen-bond donors (Lipinski definition) is 0. The second-order valence-electron chi connectivity index (χ2n) is 19.6. The summed E-state index contributed by atoms with van der Waals surface area (Å²) in [6.07, 6.45) is 0. The summed E-state index contributed by atoms with van der Waals surface area (Å²) in [6.45, 7) is -0.202. The molecule has 0 saturated carbocycles. The Morgan fingerprint density at radius 3 is 1.15 bits per heavy atom. The van der Waals surface area contributed by atoms with E-state index in [0.717, 1.165) is 44.8 Å². The highest BCUT2D eigenvalue weighted by atomic mass is 28.3. The standard InChI is InChI=1S/C66H44BFN2Si2/c68-57-41-42-60-65-66(57)70(46-38-40-54-52-30-14-20-36-62(52)72(64(54)44-46,49-25-9-3-10-26-49)50-27-11-4-12-28-50)59-34-18-16-32-56(59)67(65)55-31-15-17-33-58(55)69(60)45-37-39-53-51-29-13-19-35-61(51)71(63(53)43-45,47-21-5-1-6-22-47)48-23-7-2-8-24-48/h1-44H. The van der Waals surface area contributed by atoms with Crippen LogP contribution in [0.1, 0.15) is 0 Å². The van der Waals surface area contributed by atoms with E-state index in [0.29, 0.717) is 5.69 Å². The van der Waals surface area contributed by atoms with Crippen molar-refractivity contribution in [2.75, 3.05) is 9.80 Å². The number of hydrogen-bond acceptors (Lipinski definition) is 2. The Bertz CT molecular complexity index is 3890. The van der Waals surface area contributed by atoms with Gasteiger partial charge in [-0.25, -0.2) is 4.39 Å². The van der Waals surface area contributed by atoms with Crippen LogP contribution in [0.25, 0.3) is 22.3 Å². The van der Waals surface area contributed by atoms with Crippen LogP contribution < -0.4 is 67.7 Å². The molecule has 15 rings (SSSR count). The number of nitrogens with zero attached hydrogens (tertiary/aromatic N) is 2. The van der Waals surface area contributed by atoms with Gasteiger partial charge in [-0.2, -0.15) is 0 Å². The minimum absolute atomic E-state index is 0.202. The minimum Gasteiger partial charge on any atom is -0.311 e. The van der Waals surface area contributed by atoms with Crippen LogP contribution >= 0.6 is 0 Å². The molecular formula is C66H44BFN2Si2. The molecule has 0 amide bonds. The van der Waals surface area contributed by atoms with Crippen LogP contribution in [0.3, 0.4) is 0 Å². The van der Waals surface area contributed by atoms with Gasteiger partial charge in [-0.1, -0.05) is 218 Å². The predicted octanol–water partition coefficient (Wildman–Crippen LogP) is 8.62. The Morgan fingerprint density at radius 2 is 0.681 bits per heavy atom. The lowest BCUT2D eigenvalue weighted by Crippen LogP contribution is -2.72. The SMILES string of the molecule is Fc1ccc2c3c1N(c1ccc4c(c1)[Si](c1ccccc1)(c1ccccc1)c1ccccc1-4)c1ccccc1B3c1ccccc1N2c1ccc2c(c1)[Si](c1ccccc1)(c1ccccc1)c1ccccc1-2. The predicted molar refractivity (Wildman–Crippen MR) is 306 cm³/mol. The van der Waals surface area contributed by atoms with Crippen molar-refractivity contribution >= 4 is 115 Å². The molecule has 72 heavy (non-hydrogen) atoms. The summed E-state index contributed by atoms with van der Waals surface area (Å²) in [7, 11) is -5.68. The zero-order valence-corrected chi connectivity index (χ0v) is 41.3. The van der Waals surface area contributed by atoms with E-state index in [1.807, 2.05) is 6.07 Å². The number of benzene rings is 11. The summed E-state index contributed by atoms with van der Waals surface area (Å²) in [5, 5.41) is 10.8. The number of rotatable bonds is 6. The summed E-state index contributed by atoms with van der Waals surface area (Å²) < 4.78 is 17.9. The summed E-state index contributed by atoms with van der Waals surface area (Å²) in [5.41, 5.74) is 14.1. The zero-order chi connectivity index (χ0) is 47.5. The molecule has 0 saturated heterocycles. The molecule has 4 aliphatic rings. The maximum atomic E-state index is 17.9. The molecule has 0 bridgehead atoms. The van der Waals surface area contributed by atoms with E-state index in [-0.39, 0.29) is 12.5 Å². The minimum atomic E-state index is -2.86. The first kappa shape index (κ1) is 41.3. The fourth-order valence-electron chi connectivity index (χ4n) is 13.6. The molecule has 0 spiro atoms. The van der Waals surface area contributed by atoms with E-state index in [9.17, 15) is 0 Å². The first-order chi connectivity index (χ1) is 35.7. The zero-order valence-electron chi connectivity index (χ0n) is 39.3. The number of fused-ring (bicyclic) bond motifs is 10. The van der Waals surface area contributed by atoms with Gasteiger partial charge < -0.3 is 9.80 Å². The second kappa shape index (κ2) is 15.7. The van der Waals surface area contributed by atoms with Gasteiger partial charge in [0.1, 0.15) is 5.82 Å². The third-order valence-corrected chi connectivity index (χ3v) is 26.0. The molecule has 0 aromatic heterocycles. The van der Waals surface area contributed by atoms with Gasteiger partial charge in [0.05, 0.1) is 5.69 Å². The largest absolute Gasteiger partial charge is 0.311 e. The summed E-state index contributed by atoms with van der Waals surface area (Å²) in [4.78, 5) is 4.67. The van der Waals surface area contributed by atoms with Crippen LogP contribution in [0.15, 0.2) is 267 Å². The fourth-order valence-corrected chi connectivity index (χ4v) is 24.0. The Balaban J connectivity index is 0.978. The number of para-hydroxylation sites is 2. The molecule has 2 nitrogen and oxygen atoms in total. The third-order valence-electron chi connectivity index (χ3n) is 16.3. The molecule has 4 aliphatic heterocycles. The molecule has 336 valence electrons. The second-order valence-corrected chi connectivity index (χ2v) is 27.0. The fraction of sp³-hybridized carbons (Fsp3) is 0. The highest BCUT2D eigenvalue weighted by molar-refractivity contribution is 7.23. The molecule has 0 fully saturated rings. The first-order valence-corrected chi connectivity index (χ1v) is 29.0. The van der Waals surface area contributed by atoms with E-state index >= 15 is 4.39 Å². The van der Waals surface area contributed by atoms with Gasteiger partial charge in [0.2, 0.25) is 0 Å². The van der Waals surface area contributed by atoms with Crippen molar-refractivity contribution in [3.05, 3.63) is 273 Å². The van der Waals surface area contributed by atoms with Gasteiger partial charge in [-0.15, -0.1) is 0 Å². The molecule has 0 unspecified atom stereocenters. The van der Waals surface area contributed by atoms with Crippen LogP contribution in [-0.2, 0) is 0 Å². The number of halogens is 1. The quantitative estimate of drug-likeness (QED) is 0.154. The number of anilines is 6. The molecule has 0 radical (unpaired) electrons. The lowest BCUT2D eigenvalue weighted by molar-refractivity contribution is 0.629. The molecule has 11 aromatic rings. The molecule has 0 atom stereocenters. The van der Waals surface area contributed by atoms with E-state index in [1.54, 1.807) is 6.07 Å². The molecular weight excluding hydrogens is 907 g/mol. The van der Waals surface area contributed by atoms with Gasteiger partial charge >= 0.3 is 0 Å². The third kappa shape index (κ3) is 5.48. The van der Waals surface area contributed by atoms with Gasteiger partial charge in [-0.05, 0) is 129 Å². The summed E-state index contributed by atoms with van der Waals surface area (Å²) in [6, 6.07) is 98.0. The van der Waals surface area contributed by atoms with Crippen LogP contribution in [-0.4, -0.2) is 22.9 Å². The maximum absolute atomic E-state index is 17.9. The van der Waals surface area contributed by atoms with Crippen molar-refractivity contribution in [1.29, 1.82) is 0 Å². The summed E-state index contributed by atoms with van der Waals surface area (Å²) >= 11 is 0. The van der Waals surface area contributed by atoms with Crippen molar-refractivity contribution in [3.63, 3.8) is 0 Å². The first-order valence-electron chi connectivity index (χ1n) is 25.0. The molecule has 0 N–H and O–H groups in total. The van der Waals surface area contributed by atoms with Crippen molar-refractivity contribution in [2.24, 2.45) is 0 Å². The van der Waals surface area contributed by atoms with Crippen LogP contribution in [0.5, 0.6) is 0 Å². The Hall–Kier alpha value is -8.55. The average molecular weight is 951 g/mol. The van der Waals surface area contributed by atoms with Gasteiger partial charge in [-0.3, -0.25) is 0 Å². The highest BCUT2D eigenvalue weighted by Crippen LogP contribution is 2.46.